The van der Waals surface area contributed by atoms with Crippen LogP contribution in [-0.2, 0) is 19.1 Å². The Hall–Kier alpha value is -1.10. The number of unbranched alkanes of at least 4 members (excludes halogenated alkanes) is 25. The van der Waals surface area contributed by atoms with Gasteiger partial charge in [0.2, 0.25) is 0 Å². The minimum absolute atomic E-state index is 0.187. The molecule has 0 heterocycles. The van der Waals surface area contributed by atoms with Crippen molar-refractivity contribution < 1.29 is 19.1 Å². The summed E-state index contributed by atoms with van der Waals surface area (Å²) in [4.78, 5) is 28.4. The van der Waals surface area contributed by atoms with Gasteiger partial charge < -0.3 is 14.4 Å². The van der Waals surface area contributed by atoms with E-state index in [1.54, 1.807) is 0 Å². The first kappa shape index (κ1) is 45.9. The summed E-state index contributed by atoms with van der Waals surface area (Å²) in [5.74, 6) is -1.51. The quantitative estimate of drug-likeness (QED) is 0.0375. The van der Waals surface area contributed by atoms with Gasteiger partial charge in [0.25, 0.3) is 5.79 Å². The molecule has 0 aliphatic carbocycles. The van der Waals surface area contributed by atoms with Crippen molar-refractivity contribution in [2.75, 3.05) is 20.6 Å². The van der Waals surface area contributed by atoms with Crippen molar-refractivity contribution in [2.24, 2.45) is 0 Å². The van der Waals surface area contributed by atoms with Crippen LogP contribution in [0.5, 0.6) is 0 Å². The van der Waals surface area contributed by atoms with E-state index in [-0.39, 0.29) is 11.9 Å². The third kappa shape index (κ3) is 31.9. The summed E-state index contributed by atoms with van der Waals surface area (Å²) in [5, 5.41) is 0. The van der Waals surface area contributed by atoms with Gasteiger partial charge in [-0.2, -0.15) is 0 Å². The third-order valence-corrected chi connectivity index (χ3v) is 9.64. The average molecular weight is 666 g/mol. The highest BCUT2D eigenvalue weighted by molar-refractivity contribution is 5.72. The molecule has 0 unspecified atom stereocenters. The first-order valence-electron chi connectivity index (χ1n) is 21.0. The van der Waals surface area contributed by atoms with Gasteiger partial charge in [0.15, 0.2) is 0 Å². The molecule has 280 valence electrons. The predicted molar refractivity (Wildman–Crippen MR) is 203 cm³/mol. The number of hydrogen-bond acceptors (Lipinski definition) is 5. The van der Waals surface area contributed by atoms with Crippen LogP contribution in [0, 0.1) is 0 Å². The first-order valence-corrected chi connectivity index (χ1v) is 21.0. The van der Waals surface area contributed by atoms with Gasteiger partial charge >= 0.3 is 11.9 Å². The fraction of sp³-hybridized carbons (Fsp3) is 0.952. The summed E-state index contributed by atoms with van der Waals surface area (Å²) in [6.07, 6.45) is 37.7. The lowest BCUT2D eigenvalue weighted by molar-refractivity contribution is -0.235. The molecule has 0 rings (SSSR count). The van der Waals surface area contributed by atoms with Gasteiger partial charge in [0.05, 0.1) is 0 Å². The lowest BCUT2D eigenvalue weighted by Crippen LogP contribution is -2.40. The van der Waals surface area contributed by atoms with Crippen molar-refractivity contribution in [3.8, 4) is 0 Å². The number of ether oxygens (including phenoxy) is 2. The van der Waals surface area contributed by atoms with Crippen LogP contribution in [-0.4, -0.2) is 43.3 Å². The van der Waals surface area contributed by atoms with Crippen molar-refractivity contribution >= 4 is 11.9 Å². The zero-order valence-electron chi connectivity index (χ0n) is 32.6. The lowest BCUT2D eigenvalue weighted by atomic mass is 9.98. The van der Waals surface area contributed by atoms with Crippen LogP contribution in [0.2, 0.25) is 0 Å². The molecular weight excluding hydrogens is 582 g/mol. The molecule has 0 aliphatic rings. The molecule has 0 aromatic carbocycles. The fourth-order valence-electron chi connectivity index (χ4n) is 6.57. The minimum atomic E-state index is -1.10. The molecule has 0 radical (unpaired) electrons. The predicted octanol–water partition coefficient (Wildman–Crippen LogP) is 13.3. The van der Waals surface area contributed by atoms with Crippen molar-refractivity contribution in [2.45, 2.75) is 238 Å². The molecule has 0 aliphatic heterocycles. The van der Waals surface area contributed by atoms with E-state index in [2.05, 4.69) is 25.7 Å². The average Bonchev–Trinajstić information content (AvgIpc) is 3.04. The van der Waals surface area contributed by atoms with Crippen LogP contribution < -0.4 is 0 Å². The van der Waals surface area contributed by atoms with Crippen LogP contribution in [0.15, 0.2) is 0 Å². The standard InChI is InChI=1S/C42H83NO4/c1-6-9-12-15-18-19-20-21-22-23-24-25-26-27-28-31-35-40(44)46-42(37-32-29-16-13-10-7-2,38-33-30-17-14-11-8-3)47-41(45)36-34-39-43(4)5/h6-39H2,1-5H3. The Bertz CT molecular complexity index is 664. The molecule has 0 saturated carbocycles. The Morgan fingerprint density at radius 3 is 1.00 bits per heavy atom. The minimum Gasteiger partial charge on any atom is -0.422 e. The van der Waals surface area contributed by atoms with E-state index in [1.807, 2.05) is 14.1 Å². The van der Waals surface area contributed by atoms with E-state index in [1.165, 1.54) is 141 Å². The van der Waals surface area contributed by atoms with Crippen molar-refractivity contribution in [3.63, 3.8) is 0 Å². The van der Waals surface area contributed by atoms with Crippen molar-refractivity contribution in [3.05, 3.63) is 0 Å². The molecular formula is C42H83NO4. The summed E-state index contributed by atoms with van der Waals surface area (Å²) >= 11 is 0. The maximum Gasteiger partial charge on any atom is 0.309 e. The van der Waals surface area contributed by atoms with Crippen molar-refractivity contribution in [1.29, 1.82) is 0 Å². The summed E-state index contributed by atoms with van der Waals surface area (Å²) in [5.41, 5.74) is 0. The smallest absolute Gasteiger partial charge is 0.309 e. The zero-order valence-corrected chi connectivity index (χ0v) is 32.6. The molecule has 0 N–H and O–H groups in total. The van der Waals surface area contributed by atoms with Crippen LogP contribution in [0.4, 0.5) is 0 Å². The highest BCUT2D eigenvalue weighted by Gasteiger charge is 2.37. The number of carbonyl (C=O) groups is 2. The summed E-state index contributed by atoms with van der Waals surface area (Å²) < 4.78 is 12.4. The molecule has 0 fully saturated rings. The van der Waals surface area contributed by atoms with Crippen LogP contribution in [0.3, 0.4) is 0 Å². The molecule has 0 atom stereocenters. The van der Waals surface area contributed by atoms with Gasteiger partial charge in [-0.25, -0.2) is 0 Å². The van der Waals surface area contributed by atoms with Gasteiger partial charge in [-0.1, -0.05) is 181 Å². The largest absolute Gasteiger partial charge is 0.422 e. The summed E-state index contributed by atoms with van der Waals surface area (Å²) in [7, 11) is 4.04. The third-order valence-electron chi connectivity index (χ3n) is 9.64. The first-order chi connectivity index (χ1) is 22.9. The van der Waals surface area contributed by atoms with Gasteiger partial charge in [0.1, 0.15) is 0 Å². The summed E-state index contributed by atoms with van der Waals surface area (Å²) in [6.45, 7) is 7.60. The van der Waals surface area contributed by atoms with E-state index >= 15 is 0 Å². The summed E-state index contributed by atoms with van der Waals surface area (Å²) in [6, 6.07) is 0. The SMILES string of the molecule is CCCCCCCCCCCCCCCCCCC(=O)OC(CCCCCCCC)(CCCCCCCC)OC(=O)CCCN(C)C. The van der Waals surface area contributed by atoms with E-state index in [4.69, 9.17) is 9.47 Å². The van der Waals surface area contributed by atoms with E-state index in [9.17, 15) is 9.59 Å². The Labute approximate surface area is 294 Å². The second kappa shape index (κ2) is 34.8. The maximum atomic E-state index is 13.2. The zero-order chi connectivity index (χ0) is 34.7. The fourth-order valence-corrected chi connectivity index (χ4v) is 6.57. The molecule has 0 spiro atoms. The van der Waals surface area contributed by atoms with E-state index < -0.39 is 5.79 Å². The molecule has 0 amide bonds. The number of esters is 2. The normalized spacial score (nSPS) is 11.8. The van der Waals surface area contributed by atoms with Gasteiger partial charge in [-0.05, 0) is 46.3 Å². The van der Waals surface area contributed by atoms with Crippen molar-refractivity contribution in [1.82, 2.24) is 4.90 Å². The van der Waals surface area contributed by atoms with E-state index in [0.29, 0.717) is 25.7 Å². The highest BCUT2D eigenvalue weighted by Crippen LogP contribution is 2.31. The second-order valence-corrected chi connectivity index (χ2v) is 14.9. The molecule has 0 aromatic rings. The monoisotopic (exact) mass is 666 g/mol. The molecule has 0 bridgehead atoms. The van der Waals surface area contributed by atoms with Crippen LogP contribution in [0.1, 0.15) is 233 Å². The van der Waals surface area contributed by atoms with Gasteiger partial charge in [0, 0.05) is 25.7 Å². The number of nitrogens with zero attached hydrogens (tertiary/aromatic N) is 1. The molecule has 0 aromatic heterocycles. The Morgan fingerprint density at radius 1 is 0.404 bits per heavy atom. The lowest BCUT2D eigenvalue weighted by Gasteiger charge is -2.33. The number of carbonyl (C=O) groups excluding carboxylic acids is 2. The molecule has 47 heavy (non-hydrogen) atoms. The second-order valence-electron chi connectivity index (χ2n) is 14.9. The molecule has 5 heteroatoms. The highest BCUT2D eigenvalue weighted by atomic mass is 16.7. The molecule has 5 nitrogen and oxygen atoms in total. The number of hydrogen-bond donors (Lipinski definition) is 0. The molecule has 0 saturated heterocycles. The van der Waals surface area contributed by atoms with Gasteiger partial charge in [-0.15, -0.1) is 0 Å². The Balaban J connectivity index is 4.69. The Kier molecular flexibility index (Phi) is 33.9. The topological polar surface area (TPSA) is 55.8 Å². The maximum absolute atomic E-state index is 13.2. The Morgan fingerprint density at radius 2 is 0.681 bits per heavy atom. The van der Waals surface area contributed by atoms with E-state index in [0.717, 1.165) is 51.5 Å². The van der Waals surface area contributed by atoms with Crippen LogP contribution in [0.25, 0.3) is 0 Å². The van der Waals surface area contributed by atoms with Gasteiger partial charge in [-0.3, -0.25) is 9.59 Å². The van der Waals surface area contributed by atoms with Crippen LogP contribution >= 0.6 is 0 Å². The number of rotatable bonds is 37.